The number of halogens is 3. The molecule has 1 aromatic heterocycles. The summed E-state index contributed by atoms with van der Waals surface area (Å²) in [5.41, 5.74) is -0.868. The highest BCUT2D eigenvalue weighted by atomic mass is 35.5. The van der Waals surface area contributed by atoms with Crippen LogP contribution in [0.4, 0.5) is 13.6 Å². The number of esters is 1. The van der Waals surface area contributed by atoms with Crippen molar-refractivity contribution in [3.05, 3.63) is 41.1 Å². The lowest BCUT2D eigenvalue weighted by atomic mass is 9.85. The van der Waals surface area contributed by atoms with Gasteiger partial charge in [0.05, 0.1) is 24.2 Å². The summed E-state index contributed by atoms with van der Waals surface area (Å²) in [6.07, 6.45) is -0.842. The summed E-state index contributed by atoms with van der Waals surface area (Å²) in [5, 5.41) is 3.05. The molecule has 46 heavy (non-hydrogen) atoms. The maximum absolute atomic E-state index is 15.9. The van der Waals surface area contributed by atoms with Crippen molar-refractivity contribution in [2.24, 2.45) is 17.3 Å². The van der Waals surface area contributed by atoms with Crippen molar-refractivity contribution < 1.29 is 37.4 Å². The van der Waals surface area contributed by atoms with Gasteiger partial charge >= 0.3 is 12.1 Å². The first-order valence-electron chi connectivity index (χ1n) is 15.7. The smallest absolute Gasteiger partial charge is 0.408 e. The number of carbonyl (C=O) groups excluding carboxylic acids is 3. The summed E-state index contributed by atoms with van der Waals surface area (Å²) in [4.78, 5) is 50.6. The number of hydrogen-bond acceptors (Lipinski definition) is 8. The van der Waals surface area contributed by atoms with Crippen LogP contribution in [0.15, 0.2) is 30.4 Å². The van der Waals surface area contributed by atoms with E-state index in [1.54, 1.807) is 26.8 Å². The number of ether oxygens (including phenoxy) is 3. The normalized spacial score (nSPS) is 27.1. The fraction of sp³-hybridized carbons (Fsp3) is 0.606. The summed E-state index contributed by atoms with van der Waals surface area (Å²) in [7, 11) is 0. The first kappa shape index (κ1) is 33.8. The number of benzene rings is 1. The zero-order valence-corrected chi connectivity index (χ0v) is 27.5. The molecule has 250 valence electrons. The minimum Gasteiger partial charge on any atom is -0.466 e. The summed E-state index contributed by atoms with van der Waals surface area (Å²) >= 11 is 6.17. The maximum Gasteiger partial charge on any atom is 0.408 e. The molecule has 3 heterocycles. The van der Waals surface area contributed by atoms with Gasteiger partial charge in [-0.3, -0.25) is 4.79 Å². The molecule has 2 amide bonds. The maximum atomic E-state index is 15.9. The second kappa shape index (κ2) is 12.9. The van der Waals surface area contributed by atoms with Crippen molar-refractivity contribution in [1.29, 1.82) is 0 Å². The van der Waals surface area contributed by atoms with Gasteiger partial charge in [-0.15, -0.1) is 0 Å². The number of alkyl carbamates (subject to hydrolysis) is 1. The number of nitrogens with zero attached hydrogens (tertiary/aromatic N) is 3. The molecule has 2 fully saturated rings. The monoisotopic (exact) mass is 662 g/mol. The average Bonchev–Trinajstić information content (AvgIpc) is 3.62. The highest BCUT2D eigenvalue weighted by Gasteiger charge is 2.50. The van der Waals surface area contributed by atoms with Gasteiger partial charge < -0.3 is 24.4 Å². The van der Waals surface area contributed by atoms with Gasteiger partial charge in [0.2, 0.25) is 11.8 Å². The Kier molecular flexibility index (Phi) is 9.50. The SMILES string of the molecule is C=C1[C@@H](C(=O)OCC(C)C)N2C[C@@H]1Oc1nc3cc(Cl)ccc3nc1C(F)(F)CCCC[C@@H]1C[C@H]1OC(=O)N[C@@H](C(C)(C)C)C2=O. The Bertz CT molecular complexity index is 1530. The fourth-order valence-corrected chi connectivity index (χ4v) is 5.99. The molecular formula is C33H41ClF2N4O6. The van der Waals surface area contributed by atoms with E-state index in [1.807, 2.05) is 13.8 Å². The third kappa shape index (κ3) is 7.37. The highest BCUT2D eigenvalue weighted by Crippen LogP contribution is 2.42. The zero-order chi connectivity index (χ0) is 33.6. The molecule has 1 N–H and O–H groups in total. The Morgan fingerprint density at radius 3 is 2.63 bits per heavy atom. The van der Waals surface area contributed by atoms with Crippen LogP contribution < -0.4 is 10.1 Å². The van der Waals surface area contributed by atoms with Gasteiger partial charge in [0.1, 0.15) is 18.2 Å². The minimum absolute atomic E-state index is 0.00644. The third-order valence-corrected chi connectivity index (χ3v) is 8.74. The van der Waals surface area contributed by atoms with E-state index < -0.39 is 65.5 Å². The predicted molar refractivity (Wildman–Crippen MR) is 167 cm³/mol. The van der Waals surface area contributed by atoms with Crippen molar-refractivity contribution in [2.45, 2.75) is 96.9 Å². The van der Waals surface area contributed by atoms with E-state index in [1.165, 1.54) is 17.0 Å². The molecule has 2 aromatic rings. The van der Waals surface area contributed by atoms with Gasteiger partial charge in [-0.25, -0.2) is 19.6 Å². The molecule has 1 saturated carbocycles. The molecule has 0 unspecified atom stereocenters. The molecule has 1 saturated heterocycles. The Hall–Kier alpha value is -3.54. The number of fused-ring (bicyclic) bond motifs is 5. The number of aromatic nitrogens is 2. The van der Waals surface area contributed by atoms with E-state index in [-0.39, 0.29) is 54.1 Å². The lowest BCUT2D eigenvalue weighted by molar-refractivity contribution is -0.154. The largest absolute Gasteiger partial charge is 0.466 e. The van der Waals surface area contributed by atoms with Gasteiger partial charge in [-0.1, -0.05) is 59.2 Å². The summed E-state index contributed by atoms with van der Waals surface area (Å²) < 4.78 is 49.1. The molecule has 0 spiro atoms. The van der Waals surface area contributed by atoms with Gasteiger partial charge in [0.25, 0.3) is 5.92 Å². The molecule has 2 aliphatic heterocycles. The Balaban J connectivity index is 1.58. The van der Waals surface area contributed by atoms with E-state index >= 15 is 8.78 Å². The lowest BCUT2D eigenvalue weighted by Crippen LogP contribution is -2.57. The topological polar surface area (TPSA) is 120 Å². The number of amides is 2. The van der Waals surface area contributed by atoms with Crippen LogP contribution in [0, 0.1) is 17.3 Å². The highest BCUT2D eigenvalue weighted by molar-refractivity contribution is 6.31. The van der Waals surface area contributed by atoms with Crippen molar-refractivity contribution >= 4 is 40.6 Å². The molecular weight excluding hydrogens is 622 g/mol. The Morgan fingerprint density at radius 1 is 1.20 bits per heavy atom. The first-order chi connectivity index (χ1) is 21.5. The number of rotatable bonds is 3. The van der Waals surface area contributed by atoms with Crippen LogP contribution in [-0.4, -0.2) is 70.3 Å². The lowest BCUT2D eigenvalue weighted by Gasteiger charge is -2.34. The summed E-state index contributed by atoms with van der Waals surface area (Å²) in [6.45, 7) is 13.0. The molecule has 3 aliphatic rings. The Morgan fingerprint density at radius 2 is 1.93 bits per heavy atom. The standard InChI is InChI=1S/C33H41ClF2N4O6/c1-17(2)16-44-30(42)25-18(3)24-15-40(25)29(41)27(32(4,5)6)39-31(43)46-23-13-19(23)9-7-8-12-33(35,36)26-28(45-24)38-22-14-20(34)10-11-21(22)37-26/h10-11,14,17,19,23-25,27H,3,7-9,12-13,15-16H2,1-2,4-6H3,(H,39,43)/t19-,23-,24+,25+,27-/m1/s1. The third-order valence-electron chi connectivity index (χ3n) is 8.51. The molecule has 5 atom stereocenters. The molecule has 0 radical (unpaired) electrons. The summed E-state index contributed by atoms with van der Waals surface area (Å²) in [6, 6.07) is 2.13. The van der Waals surface area contributed by atoms with E-state index in [0.717, 1.165) is 0 Å². The first-order valence-corrected chi connectivity index (χ1v) is 16.1. The second-order valence-electron chi connectivity index (χ2n) is 13.9. The predicted octanol–water partition coefficient (Wildman–Crippen LogP) is 6.19. The molecule has 1 aromatic carbocycles. The van der Waals surface area contributed by atoms with Crippen LogP contribution in [0.3, 0.4) is 0 Å². The fourth-order valence-electron chi connectivity index (χ4n) is 5.82. The van der Waals surface area contributed by atoms with E-state index in [0.29, 0.717) is 24.3 Å². The van der Waals surface area contributed by atoms with Gasteiger partial charge in [0.15, 0.2) is 11.7 Å². The zero-order valence-electron chi connectivity index (χ0n) is 26.8. The average molecular weight is 663 g/mol. The summed E-state index contributed by atoms with van der Waals surface area (Å²) in [5.74, 6) is -5.14. The van der Waals surface area contributed by atoms with Crippen molar-refractivity contribution in [1.82, 2.24) is 20.2 Å². The van der Waals surface area contributed by atoms with E-state index in [9.17, 15) is 14.4 Å². The van der Waals surface area contributed by atoms with Gasteiger partial charge in [0, 0.05) is 11.4 Å². The van der Waals surface area contributed by atoms with Gasteiger partial charge in [-0.2, -0.15) is 8.78 Å². The van der Waals surface area contributed by atoms with Crippen molar-refractivity contribution in [2.75, 3.05) is 13.2 Å². The van der Waals surface area contributed by atoms with Crippen molar-refractivity contribution in [3.63, 3.8) is 0 Å². The molecule has 1 aliphatic carbocycles. The Labute approximate surface area is 272 Å². The van der Waals surface area contributed by atoms with Gasteiger partial charge in [-0.05, 0) is 60.3 Å². The number of hydrogen-bond donors (Lipinski definition) is 1. The van der Waals surface area contributed by atoms with E-state index in [2.05, 4.69) is 21.9 Å². The second-order valence-corrected chi connectivity index (χ2v) is 14.4. The molecule has 13 heteroatoms. The minimum atomic E-state index is -3.41. The van der Waals surface area contributed by atoms with Crippen LogP contribution in [0.1, 0.15) is 72.4 Å². The molecule has 2 bridgehead atoms. The number of nitrogens with one attached hydrogen (secondary N) is 1. The van der Waals surface area contributed by atoms with Crippen LogP contribution in [0.5, 0.6) is 5.88 Å². The quantitative estimate of drug-likeness (QED) is 0.305. The molecule has 10 nitrogen and oxygen atoms in total. The van der Waals surface area contributed by atoms with Crippen LogP contribution in [0.25, 0.3) is 11.0 Å². The molecule has 5 rings (SSSR count). The van der Waals surface area contributed by atoms with E-state index in [4.69, 9.17) is 25.8 Å². The number of carbonyl (C=O) groups is 3. The number of alkyl halides is 2. The van der Waals surface area contributed by atoms with Crippen molar-refractivity contribution in [3.8, 4) is 5.88 Å². The van der Waals surface area contributed by atoms with Crippen LogP contribution in [0.2, 0.25) is 5.02 Å². The van der Waals surface area contributed by atoms with Crippen LogP contribution in [-0.2, 0) is 25.0 Å². The van der Waals surface area contributed by atoms with Crippen LogP contribution >= 0.6 is 11.6 Å².